The van der Waals surface area contributed by atoms with Gasteiger partial charge in [-0.25, -0.2) is 4.39 Å². The molecule has 2 aromatic rings. The summed E-state index contributed by atoms with van der Waals surface area (Å²) in [5, 5.41) is 9.49. The minimum absolute atomic E-state index is 0.0386. The lowest BCUT2D eigenvalue weighted by molar-refractivity contribution is 0.572. The highest BCUT2D eigenvalue weighted by Crippen LogP contribution is 2.23. The normalized spacial score (nSPS) is 12.6. The van der Waals surface area contributed by atoms with Crippen LogP contribution in [0.1, 0.15) is 17.3 Å². The standard InChI is InChI=1S/C11H11ClFN3S/c1-14-10(11-6-17-16-15-11)4-7-2-3-8(13)5-9(7)12/h2-3,5-6,10,14H,4H2,1H3. The molecule has 0 aliphatic rings. The van der Waals surface area contributed by atoms with E-state index in [9.17, 15) is 4.39 Å². The van der Waals surface area contributed by atoms with Crippen LogP contribution < -0.4 is 5.32 Å². The van der Waals surface area contributed by atoms with E-state index in [2.05, 4.69) is 14.9 Å². The van der Waals surface area contributed by atoms with Crippen LogP contribution >= 0.6 is 23.1 Å². The van der Waals surface area contributed by atoms with Crippen molar-refractivity contribution in [2.45, 2.75) is 12.5 Å². The number of benzene rings is 1. The van der Waals surface area contributed by atoms with Crippen molar-refractivity contribution in [3.63, 3.8) is 0 Å². The third kappa shape index (κ3) is 3.00. The van der Waals surface area contributed by atoms with E-state index in [0.29, 0.717) is 11.4 Å². The van der Waals surface area contributed by atoms with Crippen molar-refractivity contribution >= 4 is 23.1 Å². The second-order valence-electron chi connectivity index (χ2n) is 3.61. The summed E-state index contributed by atoms with van der Waals surface area (Å²) in [6.07, 6.45) is 0.654. The van der Waals surface area contributed by atoms with Gasteiger partial charge in [-0.3, -0.25) is 0 Å². The van der Waals surface area contributed by atoms with Gasteiger partial charge >= 0.3 is 0 Å². The van der Waals surface area contributed by atoms with Gasteiger partial charge in [-0.05, 0) is 42.7 Å². The highest BCUT2D eigenvalue weighted by Gasteiger charge is 2.14. The summed E-state index contributed by atoms with van der Waals surface area (Å²) < 4.78 is 16.7. The van der Waals surface area contributed by atoms with Crippen LogP contribution in [0.4, 0.5) is 4.39 Å². The second kappa shape index (κ2) is 5.53. The van der Waals surface area contributed by atoms with Crippen molar-refractivity contribution in [1.29, 1.82) is 0 Å². The van der Waals surface area contributed by atoms with Gasteiger partial charge < -0.3 is 5.32 Å². The molecule has 6 heteroatoms. The smallest absolute Gasteiger partial charge is 0.124 e. The number of hydrogen-bond donors (Lipinski definition) is 1. The van der Waals surface area contributed by atoms with E-state index in [1.54, 1.807) is 6.07 Å². The Kier molecular flexibility index (Phi) is 4.04. The zero-order valence-electron chi connectivity index (χ0n) is 9.15. The average Bonchev–Trinajstić information content (AvgIpc) is 2.81. The van der Waals surface area contributed by atoms with E-state index in [0.717, 1.165) is 11.3 Å². The number of rotatable bonds is 4. The molecule has 0 saturated carbocycles. The predicted molar refractivity (Wildman–Crippen MR) is 66.8 cm³/mol. The number of hydrogen-bond acceptors (Lipinski definition) is 4. The number of halogens is 2. The first-order chi connectivity index (χ1) is 8.20. The summed E-state index contributed by atoms with van der Waals surface area (Å²) in [5.74, 6) is -0.324. The molecular weight excluding hydrogens is 261 g/mol. The maximum Gasteiger partial charge on any atom is 0.124 e. The van der Waals surface area contributed by atoms with Gasteiger partial charge in [-0.1, -0.05) is 22.2 Å². The molecule has 90 valence electrons. The molecule has 0 aliphatic heterocycles. The van der Waals surface area contributed by atoms with Gasteiger partial charge in [0.25, 0.3) is 0 Å². The maximum atomic E-state index is 12.9. The van der Waals surface area contributed by atoms with Gasteiger partial charge in [0.1, 0.15) is 5.82 Å². The fraction of sp³-hybridized carbons (Fsp3) is 0.273. The van der Waals surface area contributed by atoms with E-state index in [1.807, 2.05) is 12.4 Å². The Morgan fingerprint density at radius 1 is 1.53 bits per heavy atom. The monoisotopic (exact) mass is 271 g/mol. The summed E-state index contributed by atoms with van der Waals surface area (Å²) >= 11 is 7.30. The van der Waals surface area contributed by atoms with Crippen LogP contribution in [0.2, 0.25) is 5.02 Å². The Hall–Kier alpha value is -1.04. The molecule has 0 radical (unpaired) electrons. The fourth-order valence-corrected chi connectivity index (χ4v) is 2.34. The summed E-state index contributed by atoms with van der Waals surface area (Å²) in [6.45, 7) is 0. The number of aromatic nitrogens is 2. The zero-order valence-corrected chi connectivity index (χ0v) is 10.7. The topological polar surface area (TPSA) is 37.8 Å². The number of likely N-dealkylation sites (N-methyl/N-ethyl adjacent to an activating group) is 1. The van der Waals surface area contributed by atoms with Gasteiger partial charge in [-0.2, -0.15) is 0 Å². The molecule has 0 aliphatic carbocycles. The minimum Gasteiger partial charge on any atom is -0.311 e. The Bertz CT molecular complexity index is 489. The first-order valence-corrected chi connectivity index (χ1v) is 6.30. The van der Waals surface area contributed by atoms with Crippen LogP contribution in [0.5, 0.6) is 0 Å². The first kappa shape index (κ1) is 12.4. The molecule has 0 bridgehead atoms. The second-order valence-corrected chi connectivity index (χ2v) is 4.63. The van der Waals surface area contributed by atoms with Crippen molar-refractivity contribution in [2.75, 3.05) is 7.05 Å². The quantitative estimate of drug-likeness (QED) is 0.929. The van der Waals surface area contributed by atoms with E-state index in [-0.39, 0.29) is 11.9 Å². The highest BCUT2D eigenvalue weighted by molar-refractivity contribution is 7.03. The fourth-order valence-electron chi connectivity index (χ4n) is 1.59. The average molecular weight is 272 g/mol. The molecule has 0 fully saturated rings. The SMILES string of the molecule is CNC(Cc1ccc(F)cc1Cl)c1csnn1. The van der Waals surface area contributed by atoms with Gasteiger partial charge in [0.15, 0.2) is 0 Å². The summed E-state index contributed by atoms with van der Waals surface area (Å²) in [7, 11) is 1.85. The first-order valence-electron chi connectivity index (χ1n) is 5.09. The molecule has 1 heterocycles. The minimum atomic E-state index is -0.324. The lowest BCUT2D eigenvalue weighted by Crippen LogP contribution is -2.19. The molecule has 17 heavy (non-hydrogen) atoms. The Morgan fingerprint density at radius 3 is 2.94 bits per heavy atom. The molecule has 0 saturated heterocycles. The van der Waals surface area contributed by atoms with Gasteiger partial charge in [-0.15, -0.1) is 5.10 Å². The number of nitrogens with zero attached hydrogens (tertiary/aromatic N) is 2. The summed E-state index contributed by atoms with van der Waals surface area (Å²) in [4.78, 5) is 0. The van der Waals surface area contributed by atoms with Crippen molar-refractivity contribution in [1.82, 2.24) is 14.9 Å². The lowest BCUT2D eigenvalue weighted by atomic mass is 10.0. The van der Waals surface area contributed by atoms with Gasteiger partial charge in [0, 0.05) is 10.4 Å². The van der Waals surface area contributed by atoms with Crippen LogP contribution in [-0.4, -0.2) is 16.6 Å². The molecule has 0 amide bonds. The predicted octanol–water partition coefficient (Wildman–Crippen LogP) is 2.83. The summed E-state index contributed by atoms with van der Waals surface area (Å²) in [5.41, 5.74) is 1.76. The highest BCUT2D eigenvalue weighted by atomic mass is 35.5. The molecule has 1 atom stereocenters. The largest absolute Gasteiger partial charge is 0.311 e. The van der Waals surface area contributed by atoms with Gasteiger partial charge in [0.2, 0.25) is 0 Å². The van der Waals surface area contributed by atoms with Crippen LogP contribution in [-0.2, 0) is 6.42 Å². The van der Waals surface area contributed by atoms with E-state index in [4.69, 9.17) is 11.6 Å². The molecule has 1 aromatic heterocycles. The molecule has 3 nitrogen and oxygen atoms in total. The Balaban J connectivity index is 2.19. The van der Waals surface area contributed by atoms with E-state index < -0.39 is 0 Å². The van der Waals surface area contributed by atoms with Crippen LogP contribution in [0, 0.1) is 5.82 Å². The van der Waals surface area contributed by atoms with Gasteiger partial charge in [0.05, 0.1) is 11.7 Å². The number of nitrogens with one attached hydrogen (secondary N) is 1. The van der Waals surface area contributed by atoms with Crippen LogP contribution in [0.15, 0.2) is 23.6 Å². The molecule has 1 N–H and O–H groups in total. The molecule has 2 rings (SSSR count). The van der Waals surface area contributed by atoms with E-state index >= 15 is 0 Å². The zero-order chi connectivity index (χ0) is 12.3. The Morgan fingerprint density at radius 2 is 2.35 bits per heavy atom. The lowest BCUT2D eigenvalue weighted by Gasteiger charge is -2.14. The third-order valence-corrected chi connectivity index (χ3v) is 3.40. The van der Waals surface area contributed by atoms with Crippen molar-refractivity contribution < 1.29 is 4.39 Å². The third-order valence-electron chi connectivity index (χ3n) is 2.52. The van der Waals surface area contributed by atoms with Crippen LogP contribution in [0.25, 0.3) is 0 Å². The Labute approximate surface area is 108 Å². The van der Waals surface area contributed by atoms with Crippen molar-refractivity contribution in [3.05, 3.63) is 45.7 Å². The molecule has 1 unspecified atom stereocenters. The summed E-state index contributed by atoms with van der Waals surface area (Å²) in [6, 6.07) is 4.47. The van der Waals surface area contributed by atoms with Crippen molar-refractivity contribution in [2.24, 2.45) is 0 Å². The maximum absolute atomic E-state index is 12.9. The van der Waals surface area contributed by atoms with E-state index in [1.165, 1.54) is 23.7 Å². The van der Waals surface area contributed by atoms with Crippen molar-refractivity contribution in [3.8, 4) is 0 Å². The molecule has 1 aromatic carbocycles. The van der Waals surface area contributed by atoms with Crippen LogP contribution in [0.3, 0.4) is 0 Å². The molecule has 0 spiro atoms. The molecular formula is C11H11ClFN3S.